The van der Waals surface area contributed by atoms with Crippen molar-refractivity contribution in [2.24, 2.45) is 0 Å². The van der Waals surface area contributed by atoms with Crippen LogP contribution in [-0.4, -0.2) is 5.11 Å². The van der Waals surface area contributed by atoms with Gasteiger partial charge in [-0.15, -0.1) is 0 Å². The lowest BCUT2D eigenvalue weighted by Crippen LogP contribution is -1.89. The van der Waals surface area contributed by atoms with E-state index in [0.29, 0.717) is 11.4 Å². The molecule has 0 spiro atoms. The van der Waals surface area contributed by atoms with Gasteiger partial charge in [-0.05, 0) is 29.8 Å². The summed E-state index contributed by atoms with van der Waals surface area (Å²) in [5.41, 5.74) is 8.32. The van der Waals surface area contributed by atoms with Gasteiger partial charge in [0.05, 0.1) is 0 Å². The Balaban J connectivity index is 1.96. The van der Waals surface area contributed by atoms with Crippen molar-refractivity contribution in [3.8, 4) is 5.75 Å². The average Bonchev–Trinajstić information content (AvgIpc) is 2.36. The van der Waals surface area contributed by atoms with Crippen LogP contribution in [0.1, 0.15) is 11.1 Å². The molecule has 0 amide bonds. The lowest BCUT2D eigenvalue weighted by atomic mass is 10.2. The van der Waals surface area contributed by atoms with Gasteiger partial charge in [-0.3, -0.25) is 0 Å². The summed E-state index contributed by atoms with van der Waals surface area (Å²) in [4.78, 5) is 0. The molecule has 0 aliphatic heterocycles. The van der Waals surface area contributed by atoms with E-state index < -0.39 is 0 Å². The molecule has 2 nitrogen and oxygen atoms in total. The summed E-state index contributed by atoms with van der Waals surface area (Å²) < 4.78 is 0. The number of phenolic OH excluding ortho intramolecular Hbond substituents is 1. The van der Waals surface area contributed by atoms with Crippen LogP contribution in [0.5, 0.6) is 5.75 Å². The second-order valence-electron chi connectivity index (χ2n) is 3.97. The number of anilines is 1. The van der Waals surface area contributed by atoms with Crippen molar-refractivity contribution in [3.05, 3.63) is 58.6 Å². The first-order valence-electron chi connectivity index (χ1n) is 5.55. The Bertz CT molecular complexity index is 545. The minimum Gasteiger partial charge on any atom is -0.508 e. The second kappa shape index (κ2) is 6.03. The van der Waals surface area contributed by atoms with Gasteiger partial charge in [-0.2, -0.15) is 11.8 Å². The standard InChI is InChI=1S/C14H14ClNOS/c15-13-4-2-1-3-10(13)8-18-9-11-7-12(16)5-6-14(11)17/h1-7,17H,8-9,16H2. The van der Waals surface area contributed by atoms with Crippen LogP contribution in [0.2, 0.25) is 5.02 Å². The highest BCUT2D eigenvalue weighted by Gasteiger charge is 2.03. The van der Waals surface area contributed by atoms with Crippen molar-refractivity contribution in [2.75, 3.05) is 5.73 Å². The summed E-state index contributed by atoms with van der Waals surface area (Å²) >= 11 is 7.78. The Hall–Kier alpha value is -1.32. The molecule has 0 saturated heterocycles. The number of thioether (sulfide) groups is 1. The van der Waals surface area contributed by atoms with Gasteiger partial charge >= 0.3 is 0 Å². The van der Waals surface area contributed by atoms with E-state index in [-0.39, 0.29) is 5.75 Å². The van der Waals surface area contributed by atoms with Gasteiger partial charge in [-0.25, -0.2) is 0 Å². The zero-order valence-electron chi connectivity index (χ0n) is 9.77. The highest BCUT2D eigenvalue weighted by Crippen LogP contribution is 2.27. The Labute approximate surface area is 116 Å². The van der Waals surface area contributed by atoms with Crippen molar-refractivity contribution >= 4 is 29.1 Å². The van der Waals surface area contributed by atoms with E-state index in [0.717, 1.165) is 21.9 Å². The lowest BCUT2D eigenvalue weighted by Gasteiger charge is -2.07. The quantitative estimate of drug-likeness (QED) is 0.655. The molecule has 2 aromatic carbocycles. The summed E-state index contributed by atoms with van der Waals surface area (Å²) in [7, 11) is 0. The van der Waals surface area contributed by atoms with Gasteiger partial charge in [0.15, 0.2) is 0 Å². The van der Waals surface area contributed by atoms with E-state index in [4.69, 9.17) is 17.3 Å². The molecule has 2 rings (SSSR count). The maximum Gasteiger partial charge on any atom is 0.119 e. The Morgan fingerprint density at radius 2 is 1.78 bits per heavy atom. The Morgan fingerprint density at radius 3 is 2.56 bits per heavy atom. The smallest absolute Gasteiger partial charge is 0.119 e. The molecule has 0 heterocycles. The number of hydrogen-bond donors (Lipinski definition) is 2. The molecule has 2 aromatic rings. The maximum absolute atomic E-state index is 9.69. The SMILES string of the molecule is Nc1ccc(O)c(CSCc2ccccc2Cl)c1. The van der Waals surface area contributed by atoms with Gasteiger partial charge in [-0.1, -0.05) is 29.8 Å². The minimum absolute atomic E-state index is 0.288. The third-order valence-corrected chi connectivity index (χ3v) is 3.98. The summed E-state index contributed by atoms with van der Waals surface area (Å²) in [6.07, 6.45) is 0. The first-order chi connectivity index (χ1) is 8.66. The molecule has 0 aliphatic rings. The lowest BCUT2D eigenvalue weighted by molar-refractivity contribution is 0.471. The summed E-state index contributed by atoms with van der Waals surface area (Å²) in [6.45, 7) is 0. The van der Waals surface area contributed by atoms with Crippen LogP contribution in [-0.2, 0) is 11.5 Å². The van der Waals surface area contributed by atoms with Crippen LogP contribution in [0.4, 0.5) is 5.69 Å². The highest BCUT2D eigenvalue weighted by atomic mass is 35.5. The van der Waals surface area contributed by atoms with Crippen LogP contribution in [0.15, 0.2) is 42.5 Å². The molecule has 0 fully saturated rings. The zero-order chi connectivity index (χ0) is 13.0. The molecule has 0 aromatic heterocycles. The van der Waals surface area contributed by atoms with E-state index in [1.807, 2.05) is 24.3 Å². The number of nitrogens with two attached hydrogens (primary N) is 1. The summed E-state index contributed by atoms with van der Waals surface area (Å²) in [6, 6.07) is 12.9. The van der Waals surface area contributed by atoms with E-state index in [9.17, 15) is 5.11 Å². The molecular formula is C14H14ClNOS. The van der Waals surface area contributed by atoms with Gasteiger partial charge in [0.25, 0.3) is 0 Å². The summed E-state index contributed by atoms with van der Waals surface area (Å²) in [5, 5.41) is 10.5. The number of aromatic hydroxyl groups is 1. The predicted octanol–water partition coefficient (Wildman–Crippen LogP) is 4.06. The fraction of sp³-hybridized carbons (Fsp3) is 0.143. The first-order valence-corrected chi connectivity index (χ1v) is 7.08. The van der Waals surface area contributed by atoms with Crippen molar-refractivity contribution < 1.29 is 5.11 Å². The molecule has 0 radical (unpaired) electrons. The van der Waals surface area contributed by atoms with Gasteiger partial charge in [0.1, 0.15) is 5.75 Å². The first kappa shape index (κ1) is 13.1. The van der Waals surface area contributed by atoms with Crippen LogP contribution in [0.3, 0.4) is 0 Å². The number of phenols is 1. The zero-order valence-corrected chi connectivity index (χ0v) is 11.3. The van der Waals surface area contributed by atoms with Crippen molar-refractivity contribution in [1.29, 1.82) is 0 Å². The molecule has 94 valence electrons. The molecule has 0 aliphatic carbocycles. The van der Waals surface area contributed by atoms with Crippen LogP contribution in [0.25, 0.3) is 0 Å². The number of rotatable bonds is 4. The van der Waals surface area contributed by atoms with E-state index in [1.165, 1.54) is 0 Å². The van der Waals surface area contributed by atoms with Gasteiger partial charge < -0.3 is 10.8 Å². The minimum atomic E-state index is 0.288. The molecule has 0 saturated carbocycles. The third-order valence-electron chi connectivity index (χ3n) is 2.58. The molecule has 18 heavy (non-hydrogen) atoms. The number of halogens is 1. The van der Waals surface area contributed by atoms with Crippen LogP contribution < -0.4 is 5.73 Å². The topological polar surface area (TPSA) is 46.2 Å². The van der Waals surface area contributed by atoms with E-state index >= 15 is 0 Å². The molecule has 3 N–H and O–H groups in total. The normalized spacial score (nSPS) is 10.5. The Kier molecular flexibility index (Phi) is 4.39. The molecule has 0 unspecified atom stereocenters. The maximum atomic E-state index is 9.69. The number of nitrogen functional groups attached to an aromatic ring is 1. The highest BCUT2D eigenvalue weighted by molar-refractivity contribution is 7.97. The summed E-state index contributed by atoms with van der Waals surface area (Å²) in [5.74, 6) is 1.81. The largest absolute Gasteiger partial charge is 0.508 e. The average molecular weight is 280 g/mol. The van der Waals surface area contributed by atoms with Crippen LogP contribution in [0, 0.1) is 0 Å². The molecular weight excluding hydrogens is 266 g/mol. The van der Waals surface area contributed by atoms with Crippen molar-refractivity contribution in [3.63, 3.8) is 0 Å². The molecule has 0 bridgehead atoms. The Morgan fingerprint density at radius 1 is 1.06 bits per heavy atom. The predicted molar refractivity (Wildman–Crippen MR) is 79.0 cm³/mol. The number of hydrogen-bond acceptors (Lipinski definition) is 3. The molecule has 0 atom stereocenters. The third kappa shape index (κ3) is 3.34. The number of benzene rings is 2. The fourth-order valence-corrected chi connectivity index (χ4v) is 2.91. The van der Waals surface area contributed by atoms with E-state index in [1.54, 1.807) is 30.0 Å². The van der Waals surface area contributed by atoms with Gasteiger partial charge in [0, 0.05) is 27.8 Å². The fourth-order valence-electron chi connectivity index (χ4n) is 1.61. The second-order valence-corrected chi connectivity index (χ2v) is 5.37. The van der Waals surface area contributed by atoms with Crippen molar-refractivity contribution in [2.45, 2.75) is 11.5 Å². The van der Waals surface area contributed by atoms with Crippen LogP contribution >= 0.6 is 23.4 Å². The monoisotopic (exact) mass is 279 g/mol. The van der Waals surface area contributed by atoms with Crippen molar-refractivity contribution in [1.82, 2.24) is 0 Å². The molecule has 4 heteroatoms. The van der Waals surface area contributed by atoms with Gasteiger partial charge in [0.2, 0.25) is 0 Å². The van der Waals surface area contributed by atoms with E-state index in [2.05, 4.69) is 0 Å².